The van der Waals surface area contributed by atoms with Crippen molar-refractivity contribution in [3.63, 3.8) is 0 Å². The number of thioether (sulfide) groups is 1. The van der Waals surface area contributed by atoms with Crippen LogP contribution in [0.5, 0.6) is 0 Å². The Labute approximate surface area is 120 Å². The Kier molecular flexibility index (Phi) is 5.71. The van der Waals surface area contributed by atoms with Crippen LogP contribution < -0.4 is 5.32 Å². The Balaban J connectivity index is 1.63. The number of halogens is 1. The third kappa shape index (κ3) is 4.80. The summed E-state index contributed by atoms with van der Waals surface area (Å²) in [5.41, 5.74) is 1.32. The van der Waals surface area contributed by atoms with E-state index in [2.05, 4.69) is 50.5 Å². The molecule has 1 heterocycles. The summed E-state index contributed by atoms with van der Waals surface area (Å²) < 4.78 is 1.02. The van der Waals surface area contributed by atoms with Crippen molar-refractivity contribution in [2.24, 2.45) is 0 Å². The zero-order valence-corrected chi connectivity index (χ0v) is 12.4. The van der Waals surface area contributed by atoms with Crippen molar-refractivity contribution in [2.45, 2.75) is 11.6 Å². The molecule has 0 bridgehead atoms. The maximum atomic E-state index is 4.32. The van der Waals surface area contributed by atoms with E-state index < -0.39 is 0 Å². The van der Waals surface area contributed by atoms with Gasteiger partial charge in [-0.25, -0.2) is 4.98 Å². The highest BCUT2D eigenvalue weighted by atomic mass is 79.9. The summed E-state index contributed by atoms with van der Waals surface area (Å²) in [5.74, 6) is 1.03. The molecule has 0 aliphatic rings. The largest absolute Gasteiger partial charge is 0.312 e. The lowest BCUT2D eigenvalue weighted by molar-refractivity contribution is 0.732. The van der Waals surface area contributed by atoms with Gasteiger partial charge in [0.05, 0.1) is 5.03 Å². The molecule has 0 spiro atoms. The second-order valence-corrected chi connectivity index (χ2v) is 5.86. The monoisotopic (exact) mass is 322 g/mol. The molecule has 0 radical (unpaired) electrons. The molecule has 1 aromatic carbocycles. The van der Waals surface area contributed by atoms with Gasteiger partial charge in [0.25, 0.3) is 0 Å². The fourth-order valence-corrected chi connectivity index (χ4v) is 2.49. The third-order valence-electron chi connectivity index (χ3n) is 2.40. The van der Waals surface area contributed by atoms with Crippen LogP contribution in [0.1, 0.15) is 5.56 Å². The van der Waals surface area contributed by atoms with Gasteiger partial charge in [-0.05, 0) is 33.6 Å². The molecule has 0 fully saturated rings. The molecule has 0 aliphatic heterocycles. The first-order valence-electron chi connectivity index (χ1n) is 5.83. The molecule has 1 N–H and O–H groups in total. The van der Waals surface area contributed by atoms with Gasteiger partial charge >= 0.3 is 0 Å². The van der Waals surface area contributed by atoms with Gasteiger partial charge in [0, 0.05) is 29.5 Å². The second-order valence-electron chi connectivity index (χ2n) is 3.83. The minimum atomic E-state index is 0.926. The van der Waals surface area contributed by atoms with Gasteiger partial charge in [-0.1, -0.05) is 30.3 Å². The molecular formula is C14H15BrN2S. The SMILES string of the molecule is Brc1ccc(SCCNCc2ccccc2)nc1. The Bertz CT molecular complexity index is 459. The maximum Gasteiger partial charge on any atom is 0.0961 e. The van der Waals surface area contributed by atoms with Gasteiger partial charge in [-0.2, -0.15) is 0 Å². The van der Waals surface area contributed by atoms with Crippen molar-refractivity contribution in [2.75, 3.05) is 12.3 Å². The standard InChI is InChI=1S/C14H15BrN2S/c15-13-6-7-14(17-11-13)18-9-8-16-10-12-4-2-1-3-5-12/h1-7,11,16H,8-10H2. The zero-order chi connectivity index (χ0) is 12.6. The highest BCUT2D eigenvalue weighted by Crippen LogP contribution is 2.16. The number of nitrogens with zero attached hydrogens (tertiary/aromatic N) is 1. The van der Waals surface area contributed by atoms with Gasteiger partial charge in [0.1, 0.15) is 0 Å². The molecule has 0 saturated carbocycles. The van der Waals surface area contributed by atoms with Crippen LogP contribution in [0.3, 0.4) is 0 Å². The number of pyridine rings is 1. The third-order valence-corrected chi connectivity index (χ3v) is 3.82. The van der Waals surface area contributed by atoms with Gasteiger partial charge < -0.3 is 5.32 Å². The summed E-state index contributed by atoms with van der Waals surface area (Å²) in [5, 5.41) is 4.49. The number of aromatic nitrogens is 1. The van der Waals surface area contributed by atoms with E-state index in [-0.39, 0.29) is 0 Å². The molecule has 2 rings (SSSR count). The topological polar surface area (TPSA) is 24.9 Å². The molecule has 0 amide bonds. The van der Waals surface area contributed by atoms with Crippen molar-refractivity contribution < 1.29 is 0 Å². The Morgan fingerprint density at radius 2 is 1.94 bits per heavy atom. The van der Waals surface area contributed by atoms with E-state index in [9.17, 15) is 0 Å². The first-order chi connectivity index (χ1) is 8.84. The van der Waals surface area contributed by atoms with E-state index in [4.69, 9.17) is 0 Å². The molecule has 0 unspecified atom stereocenters. The molecule has 2 aromatic rings. The summed E-state index contributed by atoms with van der Waals surface area (Å²) in [7, 11) is 0. The number of hydrogen-bond donors (Lipinski definition) is 1. The molecule has 1 aromatic heterocycles. The smallest absolute Gasteiger partial charge is 0.0961 e. The first-order valence-corrected chi connectivity index (χ1v) is 7.61. The highest BCUT2D eigenvalue weighted by Gasteiger charge is 1.96. The summed E-state index contributed by atoms with van der Waals surface area (Å²) in [6.45, 7) is 1.91. The van der Waals surface area contributed by atoms with Crippen LogP contribution in [0.25, 0.3) is 0 Å². The van der Waals surface area contributed by atoms with Gasteiger partial charge in [0.2, 0.25) is 0 Å². The van der Waals surface area contributed by atoms with E-state index in [0.29, 0.717) is 0 Å². The molecule has 18 heavy (non-hydrogen) atoms. The minimum Gasteiger partial charge on any atom is -0.312 e. The zero-order valence-electron chi connectivity index (χ0n) is 9.97. The molecule has 0 aliphatic carbocycles. The van der Waals surface area contributed by atoms with Crippen LogP contribution in [-0.2, 0) is 6.54 Å². The van der Waals surface area contributed by atoms with E-state index in [1.807, 2.05) is 24.4 Å². The van der Waals surface area contributed by atoms with Crippen molar-refractivity contribution in [1.29, 1.82) is 0 Å². The van der Waals surface area contributed by atoms with E-state index in [1.54, 1.807) is 11.8 Å². The summed E-state index contributed by atoms with van der Waals surface area (Å²) in [6, 6.07) is 14.5. The Morgan fingerprint density at radius 3 is 2.67 bits per heavy atom. The summed E-state index contributed by atoms with van der Waals surface area (Å²) in [4.78, 5) is 4.32. The van der Waals surface area contributed by atoms with Gasteiger partial charge in [0.15, 0.2) is 0 Å². The predicted molar refractivity (Wildman–Crippen MR) is 80.8 cm³/mol. The van der Waals surface area contributed by atoms with Crippen molar-refractivity contribution in [3.8, 4) is 0 Å². The summed E-state index contributed by atoms with van der Waals surface area (Å²) in [6.07, 6.45) is 1.83. The van der Waals surface area contributed by atoms with Crippen LogP contribution in [0, 0.1) is 0 Å². The molecule has 4 heteroatoms. The highest BCUT2D eigenvalue weighted by molar-refractivity contribution is 9.10. The van der Waals surface area contributed by atoms with Gasteiger partial charge in [-0.3, -0.25) is 0 Å². The van der Waals surface area contributed by atoms with Crippen LogP contribution in [0.15, 0.2) is 58.2 Å². The van der Waals surface area contributed by atoms with E-state index in [0.717, 1.165) is 28.3 Å². The fourth-order valence-electron chi connectivity index (χ4n) is 1.50. The maximum absolute atomic E-state index is 4.32. The number of rotatable bonds is 6. The molecule has 2 nitrogen and oxygen atoms in total. The molecular weight excluding hydrogens is 308 g/mol. The van der Waals surface area contributed by atoms with Gasteiger partial charge in [-0.15, -0.1) is 11.8 Å². The van der Waals surface area contributed by atoms with E-state index >= 15 is 0 Å². The molecule has 94 valence electrons. The number of hydrogen-bond acceptors (Lipinski definition) is 3. The normalized spacial score (nSPS) is 10.5. The van der Waals surface area contributed by atoms with Crippen molar-refractivity contribution >= 4 is 27.7 Å². The quantitative estimate of drug-likeness (QED) is 0.648. The molecule has 0 atom stereocenters. The van der Waals surface area contributed by atoms with Crippen LogP contribution in [0.2, 0.25) is 0 Å². The van der Waals surface area contributed by atoms with Crippen molar-refractivity contribution in [1.82, 2.24) is 10.3 Å². The second kappa shape index (κ2) is 7.56. The Morgan fingerprint density at radius 1 is 1.11 bits per heavy atom. The summed E-state index contributed by atoms with van der Waals surface area (Å²) >= 11 is 5.15. The van der Waals surface area contributed by atoms with Crippen LogP contribution in [0.4, 0.5) is 0 Å². The lowest BCUT2D eigenvalue weighted by Crippen LogP contribution is -2.16. The predicted octanol–water partition coefficient (Wildman–Crippen LogP) is 3.73. The molecule has 0 saturated heterocycles. The lowest BCUT2D eigenvalue weighted by Gasteiger charge is -2.04. The van der Waals surface area contributed by atoms with Crippen LogP contribution in [-0.4, -0.2) is 17.3 Å². The fraction of sp³-hybridized carbons (Fsp3) is 0.214. The average molecular weight is 323 g/mol. The van der Waals surface area contributed by atoms with E-state index in [1.165, 1.54) is 5.56 Å². The Hall–Kier alpha value is -0.840. The van der Waals surface area contributed by atoms with Crippen molar-refractivity contribution in [3.05, 3.63) is 58.7 Å². The minimum absolute atomic E-state index is 0.926. The van der Waals surface area contributed by atoms with Crippen LogP contribution >= 0.6 is 27.7 Å². The number of nitrogens with one attached hydrogen (secondary N) is 1. The lowest BCUT2D eigenvalue weighted by atomic mass is 10.2. The average Bonchev–Trinajstić information content (AvgIpc) is 2.42. The first kappa shape index (κ1) is 13.6. The number of benzene rings is 1.